The topological polar surface area (TPSA) is 56.5 Å². The molecule has 0 aliphatic heterocycles. The first-order valence-corrected chi connectivity index (χ1v) is 4.65. The second-order valence-corrected chi connectivity index (χ2v) is 3.26. The number of hydrogen-bond acceptors (Lipinski definition) is 2. The number of aromatic nitrogens is 3. The largest absolute Gasteiger partial charge is 0.360 e. The third-order valence-electron chi connectivity index (χ3n) is 2.10. The van der Waals surface area contributed by atoms with E-state index in [-0.39, 0.29) is 0 Å². The number of nitrogens with one attached hydrogen (secondary N) is 3. The first-order valence-electron chi connectivity index (χ1n) is 4.65. The van der Waals surface area contributed by atoms with Crippen LogP contribution in [0.1, 0.15) is 11.5 Å². The molecule has 4 nitrogen and oxygen atoms in total. The summed E-state index contributed by atoms with van der Waals surface area (Å²) < 4.78 is 0. The van der Waals surface area contributed by atoms with Gasteiger partial charge in [-0.05, 0) is 26.1 Å². The van der Waals surface area contributed by atoms with Gasteiger partial charge in [0.05, 0.1) is 11.4 Å². The van der Waals surface area contributed by atoms with Crippen LogP contribution in [0.15, 0.2) is 18.3 Å². The lowest BCUT2D eigenvalue weighted by Gasteiger charge is -1.98. The van der Waals surface area contributed by atoms with Crippen LogP contribution >= 0.6 is 0 Å². The van der Waals surface area contributed by atoms with Gasteiger partial charge in [-0.2, -0.15) is 0 Å². The molecule has 0 unspecified atom stereocenters. The van der Waals surface area contributed by atoms with Gasteiger partial charge in [0, 0.05) is 12.7 Å². The minimum atomic E-state index is 0.801. The highest BCUT2D eigenvalue weighted by atomic mass is 15.0. The van der Waals surface area contributed by atoms with E-state index in [1.54, 1.807) is 0 Å². The van der Waals surface area contributed by atoms with E-state index >= 15 is 0 Å². The molecular weight excluding hydrogens is 176 g/mol. The van der Waals surface area contributed by atoms with E-state index in [1.165, 1.54) is 0 Å². The molecule has 2 aromatic heterocycles. The molecule has 0 fully saturated rings. The summed E-state index contributed by atoms with van der Waals surface area (Å²) >= 11 is 0. The van der Waals surface area contributed by atoms with Crippen LogP contribution in [0.5, 0.6) is 0 Å². The van der Waals surface area contributed by atoms with Crippen LogP contribution in [0.3, 0.4) is 0 Å². The Morgan fingerprint density at radius 3 is 3.00 bits per heavy atom. The fourth-order valence-corrected chi connectivity index (χ4v) is 1.55. The lowest BCUT2D eigenvalue weighted by Crippen LogP contribution is -2.06. The Morgan fingerprint density at radius 1 is 1.50 bits per heavy atom. The Balaban J connectivity index is 2.41. The van der Waals surface area contributed by atoms with Crippen molar-refractivity contribution in [2.75, 3.05) is 7.05 Å². The maximum atomic E-state index is 4.44. The van der Waals surface area contributed by atoms with Gasteiger partial charge in [0.15, 0.2) is 0 Å². The van der Waals surface area contributed by atoms with Crippen LogP contribution in [-0.2, 0) is 6.54 Å². The predicted octanol–water partition coefficient (Wildman–Crippen LogP) is 1.43. The van der Waals surface area contributed by atoms with Gasteiger partial charge < -0.3 is 15.3 Å². The number of H-pyrrole nitrogens is 2. The van der Waals surface area contributed by atoms with Crippen LogP contribution < -0.4 is 5.32 Å². The van der Waals surface area contributed by atoms with E-state index < -0.39 is 0 Å². The van der Waals surface area contributed by atoms with Gasteiger partial charge in [-0.25, -0.2) is 4.98 Å². The van der Waals surface area contributed by atoms with Crippen molar-refractivity contribution in [3.63, 3.8) is 0 Å². The van der Waals surface area contributed by atoms with Crippen molar-refractivity contribution >= 4 is 0 Å². The molecule has 0 amide bonds. The number of aromatic amines is 2. The fraction of sp³-hybridized carbons (Fsp3) is 0.300. The first-order chi connectivity index (χ1) is 6.81. The SMILES string of the molecule is CNCc1[nH]c(C)nc1-c1ccc[nH]1. The van der Waals surface area contributed by atoms with Gasteiger partial charge in [0.25, 0.3) is 0 Å². The van der Waals surface area contributed by atoms with E-state index in [1.807, 2.05) is 32.3 Å². The molecule has 0 bridgehead atoms. The fourth-order valence-electron chi connectivity index (χ4n) is 1.55. The highest BCUT2D eigenvalue weighted by Crippen LogP contribution is 2.19. The van der Waals surface area contributed by atoms with Gasteiger partial charge >= 0.3 is 0 Å². The van der Waals surface area contributed by atoms with Gasteiger partial charge in [-0.1, -0.05) is 0 Å². The zero-order chi connectivity index (χ0) is 9.97. The van der Waals surface area contributed by atoms with Crippen molar-refractivity contribution in [1.29, 1.82) is 0 Å². The lowest BCUT2D eigenvalue weighted by atomic mass is 10.2. The monoisotopic (exact) mass is 190 g/mol. The molecule has 0 saturated carbocycles. The van der Waals surface area contributed by atoms with Crippen molar-refractivity contribution in [2.45, 2.75) is 13.5 Å². The minimum Gasteiger partial charge on any atom is -0.360 e. The smallest absolute Gasteiger partial charge is 0.109 e. The normalized spacial score (nSPS) is 10.7. The molecule has 74 valence electrons. The summed E-state index contributed by atoms with van der Waals surface area (Å²) in [5.41, 5.74) is 3.17. The molecule has 2 aromatic rings. The van der Waals surface area contributed by atoms with Crippen LogP contribution in [0.2, 0.25) is 0 Å². The number of rotatable bonds is 3. The predicted molar refractivity (Wildman–Crippen MR) is 55.9 cm³/mol. The maximum Gasteiger partial charge on any atom is 0.109 e. The molecule has 4 heteroatoms. The number of imidazole rings is 1. The Morgan fingerprint density at radius 2 is 2.36 bits per heavy atom. The van der Waals surface area contributed by atoms with Gasteiger partial charge in [-0.15, -0.1) is 0 Å². The second kappa shape index (κ2) is 3.67. The second-order valence-electron chi connectivity index (χ2n) is 3.26. The Hall–Kier alpha value is -1.55. The molecule has 0 saturated heterocycles. The Kier molecular flexibility index (Phi) is 2.37. The molecular formula is C10H14N4. The molecule has 2 heterocycles. The average molecular weight is 190 g/mol. The van der Waals surface area contributed by atoms with Crippen molar-refractivity contribution < 1.29 is 0 Å². The Bertz CT molecular complexity index is 400. The average Bonchev–Trinajstić information content (AvgIpc) is 2.74. The van der Waals surface area contributed by atoms with Crippen LogP contribution in [-0.4, -0.2) is 22.0 Å². The number of nitrogens with zero attached hydrogens (tertiary/aromatic N) is 1. The van der Waals surface area contributed by atoms with E-state index in [0.717, 1.165) is 29.5 Å². The zero-order valence-corrected chi connectivity index (χ0v) is 8.39. The van der Waals surface area contributed by atoms with E-state index in [4.69, 9.17) is 0 Å². The summed E-state index contributed by atoms with van der Waals surface area (Å²) in [6.07, 6.45) is 1.91. The van der Waals surface area contributed by atoms with Gasteiger partial charge in [0.1, 0.15) is 11.5 Å². The van der Waals surface area contributed by atoms with Crippen LogP contribution in [0.4, 0.5) is 0 Å². The van der Waals surface area contributed by atoms with Crippen molar-refractivity contribution in [2.24, 2.45) is 0 Å². The molecule has 0 aromatic carbocycles. The van der Waals surface area contributed by atoms with E-state index in [2.05, 4.69) is 20.3 Å². The molecule has 0 spiro atoms. The molecule has 0 radical (unpaired) electrons. The summed E-state index contributed by atoms with van der Waals surface area (Å²) in [4.78, 5) is 10.8. The third kappa shape index (κ3) is 1.56. The summed E-state index contributed by atoms with van der Waals surface area (Å²) in [5.74, 6) is 0.944. The standard InChI is InChI=1S/C10H14N4/c1-7-13-9(6-11-2)10(14-7)8-4-3-5-12-8/h3-5,11-12H,6H2,1-2H3,(H,13,14). The minimum absolute atomic E-state index is 0.801. The third-order valence-corrected chi connectivity index (χ3v) is 2.10. The Labute approximate surface area is 82.8 Å². The number of hydrogen-bond donors (Lipinski definition) is 3. The molecule has 3 N–H and O–H groups in total. The highest BCUT2D eigenvalue weighted by Gasteiger charge is 2.09. The highest BCUT2D eigenvalue weighted by molar-refractivity contribution is 5.57. The summed E-state index contributed by atoms with van der Waals surface area (Å²) in [7, 11) is 1.93. The molecule has 0 aliphatic carbocycles. The molecule has 0 aliphatic rings. The summed E-state index contributed by atoms with van der Waals surface area (Å²) in [5, 5.41) is 3.11. The van der Waals surface area contributed by atoms with Crippen molar-refractivity contribution in [3.05, 3.63) is 29.8 Å². The van der Waals surface area contributed by atoms with Crippen molar-refractivity contribution in [3.8, 4) is 11.4 Å². The number of aryl methyl sites for hydroxylation is 1. The van der Waals surface area contributed by atoms with Crippen LogP contribution in [0, 0.1) is 6.92 Å². The lowest BCUT2D eigenvalue weighted by molar-refractivity contribution is 0.796. The summed E-state index contributed by atoms with van der Waals surface area (Å²) in [6.45, 7) is 2.76. The van der Waals surface area contributed by atoms with Gasteiger partial charge in [-0.3, -0.25) is 0 Å². The molecule has 2 rings (SSSR count). The quantitative estimate of drug-likeness (QED) is 0.685. The maximum absolute atomic E-state index is 4.44. The molecule has 0 atom stereocenters. The van der Waals surface area contributed by atoms with Gasteiger partial charge in [0.2, 0.25) is 0 Å². The zero-order valence-electron chi connectivity index (χ0n) is 8.39. The summed E-state index contributed by atoms with van der Waals surface area (Å²) in [6, 6.07) is 4.00. The van der Waals surface area contributed by atoms with E-state index in [9.17, 15) is 0 Å². The first kappa shape index (κ1) is 9.02. The van der Waals surface area contributed by atoms with Crippen molar-refractivity contribution in [1.82, 2.24) is 20.3 Å². The molecule has 14 heavy (non-hydrogen) atoms. The van der Waals surface area contributed by atoms with Crippen LogP contribution in [0.25, 0.3) is 11.4 Å². The van der Waals surface area contributed by atoms with E-state index in [0.29, 0.717) is 0 Å².